The molecule has 0 aliphatic heterocycles. The molecule has 1 N–H and O–H groups in total. The largest absolute Gasteiger partial charge is 0.492 e. The van der Waals surface area contributed by atoms with E-state index < -0.39 is 12.5 Å². The lowest BCUT2D eigenvalue weighted by molar-refractivity contribution is -0.0497. The van der Waals surface area contributed by atoms with Crippen molar-refractivity contribution in [2.45, 2.75) is 13.2 Å². The van der Waals surface area contributed by atoms with Gasteiger partial charge in [0.15, 0.2) is 0 Å². The van der Waals surface area contributed by atoms with Gasteiger partial charge >= 0.3 is 6.61 Å². The van der Waals surface area contributed by atoms with Crippen LogP contribution in [0, 0.1) is 0 Å². The first-order valence-corrected chi connectivity index (χ1v) is 9.12. The molecule has 2 aromatic carbocycles. The molecule has 0 saturated carbocycles. The van der Waals surface area contributed by atoms with Crippen LogP contribution in [0.3, 0.4) is 0 Å². The minimum absolute atomic E-state index is 0.0154. The quantitative estimate of drug-likeness (QED) is 0.581. The number of aromatic nitrogens is 2. The Labute approximate surface area is 174 Å². The van der Waals surface area contributed by atoms with Crippen LogP contribution in [-0.4, -0.2) is 28.9 Å². The fraction of sp³-hybridized carbons (Fsp3) is 0.150. The van der Waals surface area contributed by atoms with Gasteiger partial charge in [-0.2, -0.15) is 13.9 Å². The highest BCUT2D eigenvalue weighted by molar-refractivity contribution is 6.32. The number of rotatable bonds is 8. The molecule has 0 saturated heterocycles. The van der Waals surface area contributed by atoms with Crippen LogP contribution in [0.15, 0.2) is 65.5 Å². The maximum Gasteiger partial charge on any atom is 0.387 e. The number of anilines is 1. The average Bonchev–Trinajstić information content (AvgIpc) is 2.72. The van der Waals surface area contributed by atoms with Crippen molar-refractivity contribution in [2.24, 2.45) is 0 Å². The highest BCUT2D eigenvalue weighted by Crippen LogP contribution is 2.29. The molecule has 0 atom stereocenters. The molecule has 1 amide bonds. The Hall–Kier alpha value is -3.46. The van der Waals surface area contributed by atoms with Gasteiger partial charge in [-0.1, -0.05) is 29.8 Å². The first-order valence-electron chi connectivity index (χ1n) is 8.74. The van der Waals surface area contributed by atoms with E-state index in [4.69, 9.17) is 16.3 Å². The molecule has 0 spiro atoms. The normalized spacial score (nSPS) is 10.7. The van der Waals surface area contributed by atoms with E-state index in [9.17, 15) is 18.4 Å². The number of alkyl halides is 2. The lowest BCUT2D eigenvalue weighted by atomic mass is 10.3. The maximum absolute atomic E-state index is 12.4. The number of carbonyl (C=O) groups excluding carboxylic acids is 1. The molecule has 7 nitrogen and oxygen atoms in total. The van der Waals surface area contributed by atoms with Gasteiger partial charge in [-0.15, -0.1) is 0 Å². The predicted octanol–water partition coefficient (Wildman–Crippen LogP) is 3.83. The van der Waals surface area contributed by atoms with Gasteiger partial charge in [0, 0.05) is 11.8 Å². The zero-order valence-corrected chi connectivity index (χ0v) is 16.2. The first-order chi connectivity index (χ1) is 14.4. The number of carbonyl (C=O) groups is 1. The SMILES string of the molecule is O=C(Nc1ccc(OC(F)F)c(Cl)c1)c1ccc(=O)n(CCOc2ccccc2)n1. The van der Waals surface area contributed by atoms with Crippen molar-refractivity contribution >= 4 is 23.2 Å². The summed E-state index contributed by atoms with van der Waals surface area (Å²) in [6.45, 7) is -2.69. The maximum atomic E-state index is 12.4. The van der Waals surface area contributed by atoms with Crippen molar-refractivity contribution in [1.29, 1.82) is 0 Å². The third kappa shape index (κ3) is 5.77. The van der Waals surface area contributed by atoms with E-state index >= 15 is 0 Å². The average molecular weight is 436 g/mol. The lowest BCUT2D eigenvalue weighted by Gasteiger charge is -2.11. The minimum Gasteiger partial charge on any atom is -0.492 e. The van der Waals surface area contributed by atoms with Gasteiger partial charge in [0.2, 0.25) is 0 Å². The number of ether oxygens (including phenoxy) is 2. The van der Waals surface area contributed by atoms with Crippen LogP contribution in [0.1, 0.15) is 10.5 Å². The number of nitrogens with zero attached hydrogens (tertiary/aromatic N) is 2. The van der Waals surface area contributed by atoms with Crippen LogP contribution in [0.5, 0.6) is 11.5 Å². The van der Waals surface area contributed by atoms with Gasteiger partial charge in [0.25, 0.3) is 11.5 Å². The summed E-state index contributed by atoms with van der Waals surface area (Å²) in [6, 6.07) is 15.4. The fourth-order valence-corrected chi connectivity index (χ4v) is 2.69. The second-order valence-corrected chi connectivity index (χ2v) is 6.33. The summed E-state index contributed by atoms with van der Waals surface area (Å²) < 4.78 is 35.5. The van der Waals surface area contributed by atoms with Gasteiger partial charge in [-0.25, -0.2) is 4.68 Å². The monoisotopic (exact) mass is 435 g/mol. The van der Waals surface area contributed by atoms with Gasteiger partial charge < -0.3 is 14.8 Å². The number of nitrogens with one attached hydrogen (secondary N) is 1. The van der Waals surface area contributed by atoms with Crippen molar-refractivity contribution in [3.63, 3.8) is 0 Å². The van der Waals surface area contributed by atoms with E-state index in [0.29, 0.717) is 5.75 Å². The predicted molar refractivity (Wildman–Crippen MR) is 106 cm³/mol. The molecule has 0 bridgehead atoms. The van der Waals surface area contributed by atoms with Crippen LogP contribution in [-0.2, 0) is 6.54 Å². The zero-order valence-electron chi connectivity index (χ0n) is 15.4. The van der Waals surface area contributed by atoms with Crippen molar-refractivity contribution in [2.75, 3.05) is 11.9 Å². The standard InChI is InChI=1S/C20H16ClF2N3O4/c21-15-12-13(6-8-17(15)30-20(22)23)24-19(28)16-7-9-18(27)26(25-16)10-11-29-14-4-2-1-3-5-14/h1-9,12,20H,10-11H2,(H,24,28). The topological polar surface area (TPSA) is 82.5 Å². The number of amides is 1. The second kappa shape index (κ2) is 9.84. The molecule has 30 heavy (non-hydrogen) atoms. The number of hydrogen-bond acceptors (Lipinski definition) is 5. The minimum atomic E-state index is -3.01. The van der Waals surface area contributed by atoms with E-state index in [1.165, 1.54) is 30.3 Å². The molecule has 0 unspecified atom stereocenters. The molecule has 1 heterocycles. The van der Waals surface area contributed by atoms with E-state index in [0.717, 1.165) is 4.68 Å². The van der Waals surface area contributed by atoms with Crippen LogP contribution >= 0.6 is 11.6 Å². The summed E-state index contributed by atoms with van der Waals surface area (Å²) in [7, 11) is 0. The lowest BCUT2D eigenvalue weighted by Crippen LogP contribution is -2.28. The fourth-order valence-electron chi connectivity index (χ4n) is 2.46. The number of benzene rings is 2. The number of hydrogen-bond donors (Lipinski definition) is 1. The van der Waals surface area contributed by atoms with Crippen molar-refractivity contribution in [1.82, 2.24) is 9.78 Å². The molecular weight excluding hydrogens is 420 g/mol. The molecule has 0 radical (unpaired) electrons. The van der Waals surface area contributed by atoms with Crippen LogP contribution in [0.2, 0.25) is 5.02 Å². The highest BCUT2D eigenvalue weighted by Gasteiger charge is 2.13. The van der Waals surface area contributed by atoms with Crippen molar-refractivity contribution < 1.29 is 23.0 Å². The van der Waals surface area contributed by atoms with E-state index in [1.54, 1.807) is 12.1 Å². The Morgan fingerprint density at radius 2 is 1.90 bits per heavy atom. The third-order valence-corrected chi connectivity index (χ3v) is 4.12. The second-order valence-electron chi connectivity index (χ2n) is 5.92. The first kappa shape index (κ1) is 21.3. The molecule has 1 aromatic heterocycles. The van der Waals surface area contributed by atoms with Crippen LogP contribution < -0.4 is 20.3 Å². The summed E-state index contributed by atoms with van der Waals surface area (Å²) in [5.74, 6) is -0.170. The highest BCUT2D eigenvalue weighted by atomic mass is 35.5. The molecule has 0 aliphatic carbocycles. The molecule has 3 aromatic rings. The summed E-state index contributed by atoms with van der Waals surface area (Å²) in [5.41, 5.74) is -0.156. The van der Waals surface area contributed by atoms with Crippen LogP contribution in [0.4, 0.5) is 14.5 Å². The van der Waals surface area contributed by atoms with Gasteiger partial charge in [-0.3, -0.25) is 9.59 Å². The molecule has 3 rings (SSSR count). The Kier molecular flexibility index (Phi) is 6.97. The van der Waals surface area contributed by atoms with E-state index in [2.05, 4.69) is 15.2 Å². The molecule has 0 fully saturated rings. The molecular formula is C20H16ClF2N3O4. The van der Waals surface area contributed by atoms with Crippen molar-refractivity contribution in [3.05, 3.63) is 81.7 Å². The third-order valence-electron chi connectivity index (χ3n) is 3.82. The van der Waals surface area contributed by atoms with E-state index in [-0.39, 0.29) is 40.9 Å². The summed E-state index contributed by atoms with van der Waals surface area (Å²) in [6.07, 6.45) is 0. The zero-order chi connectivity index (χ0) is 21.5. The summed E-state index contributed by atoms with van der Waals surface area (Å²) >= 11 is 5.87. The van der Waals surface area contributed by atoms with Crippen molar-refractivity contribution in [3.8, 4) is 11.5 Å². The molecule has 0 aliphatic rings. The van der Waals surface area contributed by atoms with Gasteiger partial charge in [0.1, 0.15) is 23.8 Å². The Balaban J connectivity index is 1.65. The smallest absolute Gasteiger partial charge is 0.387 e. The van der Waals surface area contributed by atoms with Gasteiger partial charge in [-0.05, 0) is 36.4 Å². The van der Waals surface area contributed by atoms with Gasteiger partial charge in [0.05, 0.1) is 11.6 Å². The van der Waals surface area contributed by atoms with Crippen LogP contribution in [0.25, 0.3) is 0 Å². The number of para-hydroxylation sites is 1. The summed E-state index contributed by atoms with van der Waals surface area (Å²) in [4.78, 5) is 24.4. The van der Waals surface area contributed by atoms with E-state index in [1.807, 2.05) is 18.2 Å². The summed E-state index contributed by atoms with van der Waals surface area (Å²) in [5, 5.41) is 6.47. The Bertz CT molecular complexity index is 1080. The molecule has 10 heteroatoms. The Morgan fingerprint density at radius 1 is 1.13 bits per heavy atom. The Morgan fingerprint density at radius 3 is 2.60 bits per heavy atom. The molecule has 156 valence electrons. The number of halogens is 3.